The van der Waals surface area contributed by atoms with Gasteiger partial charge in [-0.05, 0) is 18.8 Å². The first kappa shape index (κ1) is 14.1. The number of hydrogen-bond donors (Lipinski definition) is 0. The molecule has 0 bridgehead atoms. The van der Waals surface area contributed by atoms with E-state index in [0.29, 0.717) is 11.7 Å². The van der Waals surface area contributed by atoms with E-state index in [1.807, 2.05) is 19.3 Å². The lowest BCUT2D eigenvalue weighted by Crippen LogP contribution is -2.44. The zero-order valence-electron chi connectivity index (χ0n) is 12.2. The average molecular weight is 265 g/mol. The molecule has 0 N–H and O–H groups in total. The highest BCUT2D eigenvalue weighted by Gasteiger charge is 2.36. The van der Waals surface area contributed by atoms with E-state index in [0.717, 1.165) is 19.4 Å². The van der Waals surface area contributed by atoms with Crippen molar-refractivity contribution in [1.82, 2.24) is 9.78 Å². The Balaban J connectivity index is 2.12. The van der Waals surface area contributed by atoms with E-state index in [9.17, 15) is 4.79 Å². The molecule has 19 heavy (non-hydrogen) atoms. The van der Waals surface area contributed by atoms with Crippen LogP contribution in [0.5, 0.6) is 0 Å². The van der Waals surface area contributed by atoms with Gasteiger partial charge in [0.1, 0.15) is 0 Å². The largest absolute Gasteiger partial charge is 0.377 e. The molecule has 1 aromatic heterocycles. The molecule has 0 radical (unpaired) electrons. The second-order valence-electron chi connectivity index (χ2n) is 5.57. The van der Waals surface area contributed by atoms with Crippen molar-refractivity contribution in [2.45, 2.75) is 32.8 Å². The van der Waals surface area contributed by atoms with E-state index in [-0.39, 0.29) is 17.9 Å². The second kappa shape index (κ2) is 5.74. The third-order valence-corrected chi connectivity index (χ3v) is 3.71. The zero-order valence-corrected chi connectivity index (χ0v) is 12.2. The number of nitrogens with zero attached hydrogens (tertiary/aromatic N) is 3. The molecule has 5 nitrogen and oxygen atoms in total. The highest BCUT2D eigenvalue weighted by atomic mass is 16.5. The fourth-order valence-corrected chi connectivity index (χ4v) is 2.67. The van der Waals surface area contributed by atoms with Crippen molar-refractivity contribution in [2.24, 2.45) is 18.9 Å². The minimum absolute atomic E-state index is 0.0208. The third-order valence-electron chi connectivity index (χ3n) is 3.71. The van der Waals surface area contributed by atoms with Crippen LogP contribution in [0.25, 0.3) is 0 Å². The van der Waals surface area contributed by atoms with Gasteiger partial charge in [0.15, 0.2) is 5.82 Å². The van der Waals surface area contributed by atoms with Gasteiger partial charge in [0.25, 0.3) is 0 Å². The molecule has 0 aliphatic carbocycles. The topological polar surface area (TPSA) is 47.4 Å². The minimum atomic E-state index is -0.0549. The van der Waals surface area contributed by atoms with Crippen LogP contribution in [0.4, 0.5) is 5.82 Å². The Morgan fingerprint density at radius 3 is 2.89 bits per heavy atom. The van der Waals surface area contributed by atoms with Crippen molar-refractivity contribution >= 4 is 11.7 Å². The molecule has 5 heteroatoms. The number of aryl methyl sites for hydroxylation is 1. The highest BCUT2D eigenvalue weighted by Crippen LogP contribution is 2.28. The van der Waals surface area contributed by atoms with Crippen LogP contribution in [0, 0.1) is 11.8 Å². The van der Waals surface area contributed by atoms with Gasteiger partial charge in [-0.25, -0.2) is 0 Å². The summed E-state index contributed by atoms with van der Waals surface area (Å²) in [4.78, 5) is 14.3. The third kappa shape index (κ3) is 2.97. The Labute approximate surface area is 114 Å². The first-order valence-corrected chi connectivity index (χ1v) is 6.89. The molecule has 0 saturated carbocycles. The van der Waals surface area contributed by atoms with Crippen molar-refractivity contribution in [3.05, 3.63) is 12.3 Å². The van der Waals surface area contributed by atoms with Crippen LogP contribution in [-0.4, -0.2) is 35.4 Å². The average Bonchev–Trinajstić information content (AvgIpc) is 2.83. The van der Waals surface area contributed by atoms with E-state index in [1.165, 1.54) is 0 Å². The van der Waals surface area contributed by atoms with Gasteiger partial charge < -0.3 is 4.74 Å². The van der Waals surface area contributed by atoms with Crippen molar-refractivity contribution in [3.8, 4) is 0 Å². The quantitative estimate of drug-likeness (QED) is 0.837. The minimum Gasteiger partial charge on any atom is -0.377 e. The van der Waals surface area contributed by atoms with Crippen LogP contribution >= 0.6 is 0 Å². The summed E-state index contributed by atoms with van der Waals surface area (Å²) in [6.07, 6.45) is 3.72. The summed E-state index contributed by atoms with van der Waals surface area (Å²) in [5.41, 5.74) is 0. The molecule has 2 rings (SSSR count). The fourth-order valence-electron chi connectivity index (χ4n) is 2.67. The standard InChI is InChI=1S/C14H23N3O2/c1-10(2)13-11(6-5-9-19-13)14(18)17(4)12-7-8-16(3)15-12/h7-8,10-11,13H,5-6,9H2,1-4H3/t11-,13-/m1/s1. The summed E-state index contributed by atoms with van der Waals surface area (Å²) in [6, 6.07) is 1.85. The lowest BCUT2D eigenvalue weighted by molar-refractivity contribution is -0.134. The number of anilines is 1. The number of rotatable bonds is 3. The summed E-state index contributed by atoms with van der Waals surface area (Å²) in [7, 11) is 3.64. The number of carbonyl (C=O) groups excluding carboxylic acids is 1. The summed E-state index contributed by atoms with van der Waals surface area (Å²) in [5, 5.41) is 4.28. The van der Waals surface area contributed by atoms with Crippen molar-refractivity contribution < 1.29 is 9.53 Å². The van der Waals surface area contributed by atoms with E-state index in [1.54, 1.807) is 16.6 Å². The predicted octanol–water partition coefficient (Wildman–Crippen LogP) is 1.83. The molecule has 1 aliphatic rings. The maximum Gasteiger partial charge on any atom is 0.233 e. The summed E-state index contributed by atoms with van der Waals surface area (Å²) < 4.78 is 7.50. The van der Waals surface area contributed by atoms with E-state index in [2.05, 4.69) is 18.9 Å². The Bertz CT molecular complexity index is 442. The van der Waals surface area contributed by atoms with Gasteiger partial charge >= 0.3 is 0 Å². The number of hydrogen-bond acceptors (Lipinski definition) is 3. The van der Waals surface area contributed by atoms with Gasteiger partial charge in [-0.3, -0.25) is 14.4 Å². The molecular weight excluding hydrogens is 242 g/mol. The molecular formula is C14H23N3O2. The Kier molecular flexibility index (Phi) is 4.24. The predicted molar refractivity (Wildman–Crippen MR) is 73.9 cm³/mol. The molecule has 2 atom stereocenters. The van der Waals surface area contributed by atoms with E-state index >= 15 is 0 Å². The van der Waals surface area contributed by atoms with Crippen LogP contribution in [0.1, 0.15) is 26.7 Å². The molecule has 106 valence electrons. The molecule has 1 aliphatic heterocycles. The van der Waals surface area contributed by atoms with Crippen molar-refractivity contribution in [2.75, 3.05) is 18.6 Å². The normalized spacial score (nSPS) is 23.6. The molecule has 1 aromatic rings. The van der Waals surface area contributed by atoms with Gasteiger partial charge in [-0.1, -0.05) is 13.8 Å². The van der Waals surface area contributed by atoms with Crippen LogP contribution in [0.2, 0.25) is 0 Å². The first-order chi connectivity index (χ1) is 9.00. The maximum atomic E-state index is 12.6. The molecule has 0 aromatic carbocycles. The maximum absolute atomic E-state index is 12.6. The highest BCUT2D eigenvalue weighted by molar-refractivity contribution is 5.94. The molecule has 1 saturated heterocycles. The smallest absolute Gasteiger partial charge is 0.233 e. The molecule has 0 spiro atoms. The van der Waals surface area contributed by atoms with Crippen LogP contribution in [0.3, 0.4) is 0 Å². The van der Waals surface area contributed by atoms with Gasteiger partial charge in [-0.2, -0.15) is 5.10 Å². The lowest BCUT2D eigenvalue weighted by atomic mass is 9.86. The lowest BCUT2D eigenvalue weighted by Gasteiger charge is -2.35. The summed E-state index contributed by atoms with van der Waals surface area (Å²) >= 11 is 0. The van der Waals surface area contributed by atoms with Gasteiger partial charge in [-0.15, -0.1) is 0 Å². The number of amides is 1. The fraction of sp³-hybridized carbons (Fsp3) is 0.714. The Morgan fingerprint density at radius 2 is 2.32 bits per heavy atom. The number of carbonyl (C=O) groups is 1. The van der Waals surface area contributed by atoms with Gasteiger partial charge in [0.05, 0.1) is 12.0 Å². The molecule has 1 amide bonds. The van der Waals surface area contributed by atoms with Crippen molar-refractivity contribution in [1.29, 1.82) is 0 Å². The van der Waals surface area contributed by atoms with Crippen LogP contribution in [-0.2, 0) is 16.6 Å². The summed E-state index contributed by atoms with van der Waals surface area (Å²) in [5.74, 6) is 1.10. The monoisotopic (exact) mass is 265 g/mol. The van der Waals surface area contributed by atoms with Gasteiger partial charge in [0, 0.05) is 33.0 Å². The molecule has 1 fully saturated rings. The van der Waals surface area contributed by atoms with Crippen LogP contribution < -0.4 is 4.90 Å². The first-order valence-electron chi connectivity index (χ1n) is 6.89. The molecule has 2 heterocycles. The Hall–Kier alpha value is -1.36. The summed E-state index contributed by atoms with van der Waals surface area (Å²) in [6.45, 7) is 4.98. The molecule has 0 unspecified atom stereocenters. The zero-order chi connectivity index (χ0) is 14.0. The number of ether oxygens (including phenoxy) is 1. The second-order valence-corrected chi connectivity index (χ2v) is 5.57. The number of aromatic nitrogens is 2. The van der Waals surface area contributed by atoms with E-state index in [4.69, 9.17) is 4.74 Å². The van der Waals surface area contributed by atoms with Crippen molar-refractivity contribution in [3.63, 3.8) is 0 Å². The van der Waals surface area contributed by atoms with E-state index < -0.39 is 0 Å². The SMILES string of the molecule is CC(C)[C@H]1OCCC[C@H]1C(=O)N(C)c1ccn(C)n1. The van der Waals surface area contributed by atoms with Crippen LogP contribution in [0.15, 0.2) is 12.3 Å². The van der Waals surface area contributed by atoms with Gasteiger partial charge in [0.2, 0.25) is 5.91 Å². The Morgan fingerprint density at radius 1 is 1.58 bits per heavy atom.